The monoisotopic (exact) mass is 318 g/mol. The van der Waals surface area contributed by atoms with Crippen molar-refractivity contribution < 1.29 is 0 Å². The summed E-state index contributed by atoms with van der Waals surface area (Å²) in [6.07, 6.45) is 9.97. The van der Waals surface area contributed by atoms with Crippen molar-refractivity contribution >= 4 is 16.5 Å². The van der Waals surface area contributed by atoms with E-state index in [1.807, 2.05) is 24.8 Å². The first-order chi connectivity index (χ1) is 11.9. The van der Waals surface area contributed by atoms with E-state index in [-0.39, 0.29) is 0 Å². The highest BCUT2D eigenvalue weighted by molar-refractivity contribution is 5.84. The van der Waals surface area contributed by atoms with Gasteiger partial charge < -0.3 is 5.32 Å². The summed E-state index contributed by atoms with van der Waals surface area (Å²) in [6.45, 7) is 3.25. The van der Waals surface area contributed by atoms with Crippen molar-refractivity contribution in [3.8, 4) is 0 Å². The van der Waals surface area contributed by atoms with E-state index < -0.39 is 0 Å². The first-order valence-corrected chi connectivity index (χ1v) is 8.58. The molecular formula is C20H22N4. The minimum atomic E-state index is 0.500. The van der Waals surface area contributed by atoms with Crippen LogP contribution in [-0.4, -0.2) is 34.0 Å². The zero-order chi connectivity index (χ0) is 16.2. The fourth-order valence-corrected chi connectivity index (χ4v) is 3.47. The van der Waals surface area contributed by atoms with E-state index in [1.54, 1.807) is 0 Å². The van der Waals surface area contributed by atoms with Crippen molar-refractivity contribution in [2.24, 2.45) is 0 Å². The quantitative estimate of drug-likeness (QED) is 0.796. The van der Waals surface area contributed by atoms with Gasteiger partial charge >= 0.3 is 0 Å². The van der Waals surface area contributed by atoms with Crippen LogP contribution < -0.4 is 5.32 Å². The number of fused-ring (bicyclic) bond motifs is 1. The first kappa shape index (κ1) is 15.1. The summed E-state index contributed by atoms with van der Waals surface area (Å²) in [5, 5.41) is 6.14. The number of rotatable bonds is 4. The lowest BCUT2D eigenvalue weighted by Crippen LogP contribution is -2.41. The number of hydrogen-bond donors (Lipinski definition) is 1. The van der Waals surface area contributed by atoms with E-state index >= 15 is 0 Å². The Morgan fingerprint density at radius 1 is 1.00 bits per heavy atom. The maximum absolute atomic E-state index is 4.18. The molecule has 3 heterocycles. The molecule has 1 fully saturated rings. The summed E-state index contributed by atoms with van der Waals surface area (Å²) < 4.78 is 0. The number of likely N-dealkylation sites (tertiary alicyclic amines) is 1. The summed E-state index contributed by atoms with van der Waals surface area (Å²) in [7, 11) is 0. The van der Waals surface area contributed by atoms with Gasteiger partial charge in [0, 0.05) is 55.0 Å². The van der Waals surface area contributed by atoms with Crippen LogP contribution >= 0.6 is 0 Å². The Hall–Kier alpha value is -2.46. The molecule has 1 N–H and O–H groups in total. The van der Waals surface area contributed by atoms with Crippen LogP contribution in [0.5, 0.6) is 0 Å². The Balaban J connectivity index is 1.42. The van der Waals surface area contributed by atoms with Gasteiger partial charge in [0.15, 0.2) is 0 Å². The van der Waals surface area contributed by atoms with Crippen molar-refractivity contribution in [2.75, 3.05) is 18.4 Å². The van der Waals surface area contributed by atoms with Crippen LogP contribution in [0.4, 0.5) is 5.69 Å². The lowest BCUT2D eigenvalue weighted by Gasteiger charge is -2.33. The van der Waals surface area contributed by atoms with Gasteiger partial charge in [0.25, 0.3) is 0 Å². The number of aromatic nitrogens is 2. The van der Waals surface area contributed by atoms with Crippen LogP contribution in [0.1, 0.15) is 18.4 Å². The van der Waals surface area contributed by atoms with E-state index in [2.05, 4.69) is 56.6 Å². The number of nitrogens with zero attached hydrogens (tertiary/aromatic N) is 3. The average molecular weight is 318 g/mol. The van der Waals surface area contributed by atoms with Gasteiger partial charge in [0.2, 0.25) is 0 Å². The maximum atomic E-state index is 4.18. The standard InChI is InChI=1S/C20H22N4/c1-2-20(15-24(11-1)14-16-5-8-21-9-6-16)23-19-4-3-18-13-22-10-7-17(18)12-19/h3-10,12-13,20,23H,1-2,11,14-15H2/t20-/m1/s1. The first-order valence-electron chi connectivity index (χ1n) is 8.58. The molecule has 0 amide bonds. The smallest absolute Gasteiger partial charge is 0.0389 e. The lowest BCUT2D eigenvalue weighted by molar-refractivity contribution is 0.208. The molecule has 0 bridgehead atoms. The second kappa shape index (κ2) is 6.97. The summed E-state index contributed by atoms with van der Waals surface area (Å²) >= 11 is 0. The van der Waals surface area contributed by atoms with Crippen molar-refractivity contribution in [1.29, 1.82) is 0 Å². The Labute approximate surface area is 142 Å². The SMILES string of the molecule is c1cc(CN2CCC[C@@H](Nc3ccc4cnccc4c3)C2)ccn1. The van der Waals surface area contributed by atoms with Crippen molar-refractivity contribution in [2.45, 2.75) is 25.4 Å². The number of anilines is 1. The molecule has 0 spiro atoms. The highest BCUT2D eigenvalue weighted by Crippen LogP contribution is 2.21. The van der Waals surface area contributed by atoms with Gasteiger partial charge in [-0.1, -0.05) is 6.07 Å². The minimum absolute atomic E-state index is 0.500. The molecule has 1 aliphatic heterocycles. The van der Waals surface area contributed by atoms with E-state index in [9.17, 15) is 0 Å². The van der Waals surface area contributed by atoms with Crippen LogP contribution in [0.15, 0.2) is 61.2 Å². The van der Waals surface area contributed by atoms with Crippen LogP contribution in [0, 0.1) is 0 Å². The molecule has 24 heavy (non-hydrogen) atoms. The average Bonchev–Trinajstić information content (AvgIpc) is 2.63. The molecule has 1 atom stereocenters. The van der Waals surface area contributed by atoms with Crippen molar-refractivity contribution in [3.05, 3.63) is 66.7 Å². The summed E-state index contributed by atoms with van der Waals surface area (Å²) in [5.41, 5.74) is 2.54. The predicted octanol–water partition coefficient (Wildman–Crippen LogP) is 3.71. The fraction of sp³-hybridized carbons (Fsp3) is 0.300. The van der Waals surface area contributed by atoms with Gasteiger partial charge in [-0.25, -0.2) is 0 Å². The number of nitrogens with one attached hydrogen (secondary N) is 1. The number of hydrogen-bond acceptors (Lipinski definition) is 4. The normalized spacial score (nSPS) is 18.6. The zero-order valence-corrected chi connectivity index (χ0v) is 13.7. The van der Waals surface area contributed by atoms with Crippen molar-refractivity contribution in [1.82, 2.24) is 14.9 Å². The number of benzene rings is 1. The molecule has 122 valence electrons. The van der Waals surface area contributed by atoms with Crippen molar-refractivity contribution in [3.63, 3.8) is 0 Å². The van der Waals surface area contributed by atoms with E-state index in [0.717, 1.165) is 13.1 Å². The second-order valence-electron chi connectivity index (χ2n) is 6.51. The number of pyridine rings is 2. The van der Waals surface area contributed by atoms with Crippen LogP contribution in [-0.2, 0) is 6.54 Å². The predicted molar refractivity (Wildman–Crippen MR) is 97.9 cm³/mol. The molecule has 0 radical (unpaired) electrons. The molecule has 2 aromatic heterocycles. The third-order valence-corrected chi connectivity index (χ3v) is 4.67. The molecule has 0 unspecified atom stereocenters. The Morgan fingerprint density at radius 2 is 1.88 bits per heavy atom. The molecule has 3 aromatic rings. The Kier molecular flexibility index (Phi) is 4.38. The third kappa shape index (κ3) is 3.54. The zero-order valence-electron chi connectivity index (χ0n) is 13.7. The molecule has 0 saturated carbocycles. The lowest BCUT2D eigenvalue weighted by atomic mass is 10.0. The second-order valence-corrected chi connectivity index (χ2v) is 6.51. The fourth-order valence-electron chi connectivity index (χ4n) is 3.47. The molecule has 1 saturated heterocycles. The maximum Gasteiger partial charge on any atom is 0.0389 e. The van der Waals surface area contributed by atoms with Crippen LogP contribution in [0.3, 0.4) is 0 Å². The Bertz CT molecular complexity index is 803. The summed E-state index contributed by atoms with van der Waals surface area (Å²) in [5.74, 6) is 0. The Morgan fingerprint density at radius 3 is 2.79 bits per heavy atom. The molecule has 1 aliphatic rings. The molecule has 4 heteroatoms. The van der Waals surface area contributed by atoms with E-state index in [1.165, 1.54) is 41.4 Å². The van der Waals surface area contributed by atoms with E-state index in [4.69, 9.17) is 0 Å². The molecule has 4 rings (SSSR count). The summed E-state index contributed by atoms with van der Waals surface area (Å²) in [6, 6.07) is 13.3. The minimum Gasteiger partial charge on any atom is -0.381 e. The van der Waals surface area contributed by atoms with Gasteiger partial charge in [0.1, 0.15) is 0 Å². The van der Waals surface area contributed by atoms with Gasteiger partial charge in [-0.15, -0.1) is 0 Å². The van der Waals surface area contributed by atoms with Gasteiger partial charge in [0.05, 0.1) is 0 Å². The van der Waals surface area contributed by atoms with Crippen LogP contribution in [0.25, 0.3) is 10.8 Å². The number of piperidine rings is 1. The van der Waals surface area contributed by atoms with E-state index in [0.29, 0.717) is 6.04 Å². The van der Waals surface area contributed by atoms with Gasteiger partial charge in [-0.3, -0.25) is 14.9 Å². The third-order valence-electron chi connectivity index (χ3n) is 4.67. The molecular weight excluding hydrogens is 296 g/mol. The topological polar surface area (TPSA) is 41.0 Å². The molecule has 0 aliphatic carbocycles. The highest BCUT2D eigenvalue weighted by atomic mass is 15.2. The van der Waals surface area contributed by atoms with Gasteiger partial charge in [-0.05, 0) is 60.7 Å². The highest BCUT2D eigenvalue weighted by Gasteiger charge is 2.19. The molecule has 4 nitrogen and oxygen atoms in total. The largest absolute Gasteiger partial charge is 0.381 e. The van der Waals surface area contributed by atoms with Crippen LogP contribution in [0.2, 0.25) is 0 Å². The van der Waals surface area contributed by atoms with Gasteiger partial charge in [-0.2, -0.15) is 0 Å². The summed E-state index contributed by atoms with van der Waals surface area (Å²) in [4.78, 5) is 10.8. The molecule has 1 aromatic carbocycles.